The third-order valence-corrected chi connectivity index (χ3v) is 3.11. The quantitative estimate of drug-likeness (QED) is 0.594. The predicted molar refractivity (Wildman–Crippen MR) is 56.8 cm³/mol. The fourth-order valence-corrected chi connectivity index (χ4v) is 2.20. The number of nitrogens with one attached hydrogen (secondary N) is 1. The lowest BCUT2D eigenvalue weighted by atomic mass is 10.1. The molecular formula is C11H21NO3. The lowest BCUT2D eigenvalue weighted by Crippen LogP contribution is -2.39. The Kier molecular flexibility index (Phi) is 4.38. The molecule has 2 atom stereocenters. The Bertz CT molecular complexity index is 185. The van der Waals surface area contributed by atoms with Crippen LogP contribution in [0.5, 0.6) is 0 Å². The van der Waals surface area contributed by atoms with E-state index in [1.165, 1.54) is 12.8 Å². The molecule has 1 saturated heterocycles. The minimum absolute atomic E-state index is 0.108. The standard InChI is InChI=1S/C11H21NO3/c13-5-8-14-7-4-12-10-3-6-15-11(10)9-1-2-9/h9-13H,1-8H2. The Labute approximate surface area is 90.9 Å². The Morgan fingerprint density at radius 2 is 2.13 bits per heavy atom. The van der Waals surface area contributed by atoms with Gasteiger partial charge in [0.05, 0.1) is 25.9 Å². The highest BCUT2D eigenvalue weighted by atomic mass is 16.5. The Balaban J connectivity index is 1.57. The zero-order valence-corrected chi connectivity index (χ0v) is 9.15. The second kappa shape index (κ2) is 5.80. The normalized spacial score (nSPS) is 31.0. The molecule has 0 radical (unpaired) electrons. The predicted octanol–water partition coefficient (Wildman–Crippen LogP) is 0.152. The summed E-state index contributed by atoms with van der Waals surface area (Å²) in [4.78, 5) is 0. The van der Waals surface area contributed by atoms with Crippen molar-refractivity contribution in [2.75, 3.05) is 33.0 Å². The van der Waals surface area contributed by atoms with Gasteiger partial charge in [-0.05, 0) is 25.2 Å². The summed E-state index contributed by atoms with van der Waals surface area (Å²) in [6.07, 6.45) is 4.25. The van der Waals surface area contributed by atoms with Crippen LogP contribution < -0.4 is 5.32 Å². The van der Waals surface area contributed by atoms with Crippen LogP contribution in [0.4, 0.5) is 0 Å². The second-order valence-electron chi connectivity index (χ2n) is 4.36. The summed E-state index contributed by atoms with van der Waals surface area (Å²) >= 11 is 0. The van der Waals surface area contributed by atoms with Gasteiger partial charge in [-0.2, -0.15) is 0 Å². The molecule has 4 nitrogen and oxygen atoms in total. The molecule has 2 aliphatic rings. The molecule has 1 aliphatic carbocycles. The van der Waals surface area contributed by atoms with Gasteiger partial charge in [0.2, 0.25) is 0 Å². The van der Waals surface area contributed by atoms with Crippen LogP contribution in [0, 0.1) is 5.92 Å². The number of rotatable bonds is 7. The van der Waals surface area contributed by atoms with E-state index >= 15 is 0 Å². The Morgan fingerprint density at radius 1 is 1.27 bits per heavy atom. The fraction of sp³-hybridized carbons (Fsp3) is 1.00. The Morgan fingerprint density at radius 3 is 2.87 bits per heavy atom. The van der Waals surface area contributed by atoms with Gasteiger partial charge in [-0.25, -0.2) is 0 Å². The third kappa shape index (κ3) is 3.41. The second-order valence-corrected chi connectivity index (χ2v) is 4.36. The molecule has 1 heterocycles. The lowest BCUT2D eigenvalue weighted by molar-refractivity contribution is 0.0723. The Hall–Kier alpha value is -0.160. The first-order valence-electron chi connectivity index (χ1n) is 5.95. The molecule has 0 spiro atoms. The van der Waals surface area contributed by atoms with Gasteiger partial charge in [0.15, 0.2) is 0 Å². The van der Waals surface area contributed by atoms with Crippen molar-refractivity contribution < 1.29 is 14.6 Å². The summed E-state index contributed by atoms with van der Waals surface area (Å²) in [6.45, 7) is 2.98. The molecular weight excluding hydrogens is 194 g/mol. The van der Waals surface area contributed by atoms with Crippen molar-refractivity contribution in [2.45, 2.75) is 31.4 Å². The molecule has 0 aromatic carbocycles. The molecule has 15 heavy (non-hydrogen) atoms. The van der Waals surface area contributed by atoms with E-state index in [1.807, 2.05) is 0 Å². The maximum absolute atomic E-state index is 8.53. The van der Waals surface area contributed by atoms with E-state index in [1.54, 1.807) is 0 Å². The highest BCUT2D eigenvalue weighted by Gasteiger charge is 2.40. The van der Waals surface area contributed by atoms with Gasteiger partial charge < -0.3 is 19.9 Å². The highest BCUT2D eigenvalue weighted by molar-refractivity contribution is 4.93. The minimum atomic E-state index is 0.108. The number of aliphatic hydroxyl groups is 1. The summed E-state index contributed by atoms with van der Waals surface area (Å²) in [7, 11) is 0. The highest BCUT2D eigenvalue weighted by Crippen LogP contribution is 2.38. The molecule has 0 bridgehead atoms. The van der Waals surface area contributed by atoms with E-state index in [0.29, 0.717) is 25.4 Å². The molecule has 0 aromatic rings. The number of hydrogen-bond acceptors (Lipinski definition) is 4. The van der Waals surface area contributed by atoms with Crippen LogP contribution in [-0.2, 0) is 9.47 Å². The molecule has 4 heteroatoms. The number of hydrogen-bond donors (Lipinski definition) is 2. The van der Waals surface area contributed by atoms with Crippen molar-refractivity contribution in [3.05, 3.63) is 0 Å². The molecule has 2 rings (SSSR count). The largest absolute Gasteiger partial charge is 0.394 e. The van der Waals surface area contributed by atoms with Gasteiger partial charge in [-0.1, -0.05) is 0 Å². The van der Waals surface area contributed by atoms with Gasteiger partial charge >= 0.3 is 0 Å². The molecule has 0 amide bonds. The summed E-state index contributed by atoms with van der Waals surface area (Å²) in [5.41, 5.74) is 0. The van der Waals surface area contributed by atoms with Crippen molar-refractivity contribution in [1.29, 1.82) is 0 Å². The van der Waals surface area contributed by atoms with Gasteiger partial charge in [-0.3, -0.25) is 0 Å². The first kappa shape index (κ1) is 11.3. The fourth-order valence-electron chi connectivity index (χ4n) is 2.20. The maximum atomic E-state index is 8.53. The molecule has 2 unspecified atom stereocenters. The van der Waals surface area contributed by atoms with Crippen molar-refractivity contribution in [3.63, 3.8) is 0 Å². The van der Waals surface area contributed by atoms with E-state index in [0.717, 1.165) is 25.5 Å². The van der Waals surface area contributed by atoms with Crippen molar-refractivity contribution in [2.24, 2.45) is 5.92 Å². The van der Waals surface area contributed by atoms with Crippen LogP contribution in [0.1, 0.15) is 19.3 Å². The van der Waals surface area contributed by atoms with Crippen molar-refractivity contribution in [1.82, 2.24) is 5.32 Å². The molecule has 0 aromatic heterocycles. The molecule has 1 aliphatic heterocycles. The summed E-state index contributed by atoms with van der Waals surface area (Å²) < 4.78 is 10.9. The van der Waals surface area contributed by atoms with Crippen LogP contribution in [-0.4, -0.2) is 50.2 Å². The van der Waals surface area contributed by atoms with Crippen LogP contribution in [0.25, 0.3) is 0 Å². The van der Waals surface area contributed by atoms with Gasteiger partial charge in [-0.15, -0.1) is 0 Å². The summed E-state index contributed by atoms with van der Waals surface area (Å²) in [5.74, 6) is 0.809. The first-order chi connectivity index (χ1) is 7.42. The van der Waals surface area contributed by atoms with E-state index < -0.39 is 0 Å². The molecule has 88 valence electrons. The molecule has 2 N–H and O–H groups in total. The molecule has 2 fully saturated rings. The smallest absolute Gasteiger partial charge is 0.0756 e. The van der Waals surface area contributed by atoms with E-state index in [2.05, 4.69) is 5.32 Å². The van der Waals surface area contributed by atoms with Gasteiger partial charge in [0, 0.05) is 19.2 Å². The zero-order chi connectivity index (χ0) is 10.5. The SMILES string of the molecule is OCCOCCNC1CCOC1C1CC1. The van der Waals surface area contributed by atoms with Crippen LogP contribution in [0.2, 0.25) is 0 Å². The lowest BCUT2D eigenvalue weighted by Gasteiger charge is -2.19. The monoisotopic (exact) mass is 215 g/mol. The van der Waals surface area contributed by atoms with E-state index in [-0.39, 0.29) is 6.61 Å². The van der Waals surface area contributed by atoms with Crippen LogP contribution >= 0.6 is 0 Å². The average molecular weight is 215 g/mol. The minimum Gasteiger partial charge on any atom is -0.394 e. The topological polar surface area (TPSA) is 50.7 Å². The number of ether oxygens (including phenoxy) is 2. The van der Waals surface area contributed by atoms with Gasteiger partial charge in [0.1, 0.15) is 0 Å². The number of aliphatic hydroxyl groups excluding tert-OH is 1. The van der Waals surface area contributed by atoms with Crippen molar-refractivity contribution in [3.8, 4) is 0 Å². The first-order valence-corrected chi connectivity index (χ1v) is 5.95. The van der Waals surface area contributed by atoms with Crippen LogP contribution in [0.15, 0.2) is 0 Å². The summed E-state index contributed by atoms with van der Waals surface area (Å²) in [5, 5.41) is 12.0. The maximum Gasteiger partial charge on any atom is 0.0756 e. The van der Waals surface area contributed by atoms with Crippen LogP contribution in [0.3, 0.4) is 0 Å². The van der Waals surface area contributed by atoms with E-state index in [4.69, 9.17) is 14.6 Å². The zero-order valence-electron chi connectivity index (χ0n) is 9.15. The average Bonchev–Trinajstić information content (AvgIpc) is 2.99. The third-order valence-electron chi connectivity index (χ3n) is 3.11. The summed E-state index contributed by atoms with van der Waals surface area (Å²) in [6, 6.07) is 0.523. The van der Waals surface area contributed by atoms with E-state index in [9.17, 15) is 0 Å². The van der Waals surface area contributed by atoms with Crippen molar-refractivity contribution >= 4 is 0 Å². The van der Waals surface area contributed by atoms with Gasteiger partial charge in [0.25, 0.3) is 0 Å². The molecule has 1 saturated carbocycles.